The zero-order chi connectivity index (χ0) is 24.0. The molecule has 2 unspecified atom stereocenters. The van der Waals surface area contributed by atoms with Crippen LogP contribution in [-0.2, 0) is 23.9 Å². The molecule has 0 spiro atoms. The van der Waals surface area contributed by atoms with E-state index in [2.05, 4.69) is 27.7 Å². The van der Waals surface area contributed by atoms with Crippen molar-refractivity contribution in [3.8, 4) is 0 Å². The zero-order valence-electron chi connectivity index (χ0n) is 20.8. The fourth-order valence-electron chi connectivity index (χ4n) is 9.67. The van der Waals surface area contributed by atoms with Crippen molar-refractivity contribution in [3.63, 3.8) is 0 Å². The van der Waals surface area contributed by atoms with Crippen molar-refractivity contribution < 1.29 is 29.0 Å². The van der Waals surface area contributed by atoms with Gasteiger partial charge in [0, 0.05) is 18.8 Å². The molecule has 1 N–H and O–H groups in total. The Bertz CT molecular complexity index is 768. The molecule has 0 bridgehead atoms. The van der Waals surface area contributed by atoms with Crippen molar-refractivity contribution in [2.24, 2.45) is 45.8 Å². The van der Waals surface area contributed by atoms with E-state index in [0.29, 0.717) is 50.0 Å². The third kappa shape index (κ3) is 3.53. The van der Waals surface area contributed by atoms with Crippen LogP contribution in [0.25, 0.3) is 0 Å². The van der Waals surface area contributed by atoms with E-state index < -0.39 is 22.9 Å². The maximum Gasteiger partial charge on any atom is 0.310 e. The first-order valence-corrected chi connectivity index (χ1v) is 13.1. The second kappa shape index (κ2) is 8.88. The minimum atomic E-state index is -1.05. The highest BCUT2D eigenvalue weighted by molar-refractivity contribution is 5.77. The maximum atomic E-state index is 12.9. The van der Waals surface area contributed by atoms with Gasteiger partial charge in [0.25, 0.3) is 12.9 Å². The van der Waals surface area contributed by atoms with E-state index in [0.717, 1.165) is 25.7 Å². The monoisotopic (exact) mass is 462 g/mol. The van der Waals surface area contributed by atoms with Crippen LogP contribution < -0.4 is 0 Å². The van der Waals surface area contributed by atoms with Crippen LogP contribution in [0.1, 0.15) is 91.9 Å². The Kier molecular flexibility index (Phi) is 6.60. The summed E-state index contributed by atoms with van der Waals surface area (Å²) in [5.41, 5.74) is -1.23. The van der Waals surface area contributed by atoms with Crippen LogP contribution in [-0.4, -0.2) is 36.2 Å². The minimum Gasteiger partial charge on any atom is -0.481 e. The first kappa shape index (κ1) is 24.5. The number of rotatable bonds is 8. The molecule has 0 aromatic heterocycles. The Balaban J connectivity index is 1.73. The first-order chi connectivity index (χ1) is 15.7. The fourth-order valence-corrected chi connectivity index (χ4v) is 9.67. The Morgan fingerprint density at radius 2 is 1.76 bits per heavy atom. The van der Waals surface area contributed by atoms with Crippen LogP contribution in [0.5, 0.6) is 0 Å². The Morgan fingerprint density at radius 1 is 1.03 bits per heavy atom. The minimum absolute atomic E-state index is 0.197. The number of carbonyl (C=O) groups is 3. The fraction of sp³-hybridized carbons (Fsp3) is 0.889. The molecule has 0 amide bonds. The van der Waals surface area contributed by atoms with E-state index >= 15 is 0 Å². The third-order valence-electron chi connectivity index (χ3n) is 11.2. The van der Waals surface area contributed by atoms with Gasteiger partial charge in [0.1, 0.15) is 12.2 Å². The molecule has 186 valence electrons. The van der Waals surface area contributed by atoms with E-state index in [-0.39, 0.29) is 23.4 Å². The van der Waals surface area contributed by atoms with Crippen LogP contribution >= 0.6 is 0 Å². The van der Waals surface area contributed by atoms with Crippen molar-refractivity contribution in [1.29, 1.82) is 0 Å². The number of fused-ring (bicyclic) bond motifs is 5. The smallest absolute Gasteiger partial charge is 0.310 e. The van der Waals surface area contributed by atoms with Crippen molar-refractivity contribution >= 4 is 18.9 Å². The molecular formula is C27H42O6. The molecule has 6 nitrogen and oxygen atoms in total. The average Bonchev–Trinajstić information content (AvgIpc) is 3.12. The quantitative estimate of drug-likeness (QED) is 0.497. The van der Waals surface area contributed by atoms with Gasteiger partial charge in [-0.05, 0) is 73.0 Å². The number of hydrogen-bond acceptors (Lipinski definition) is 5. The molecule has 0 aromatic carbocycles. The summed E-state index contributed by atoms with van der Waals surface area (Å²) in [5.74, 6) is 1.38. The van der Waals surface area contributed by atoms with E-state index in [1.54, 1.807) is 0 Å². The molecule has 4 saturated carbocycles. The first-order valence-electron chi connectivity index (χ1n) is 13.1. The average molecular weight is 463 g/mol. The molecular weight excluding hydrogens is 420 g/mol. The lowest BCUT2D eigenvalue weighted by Gasteiger charge is -2.65. The van der Waals surface area contributed by atoms with Gasteiger partial charge in [-0.1, -0.05) is 40.5 Å². The Morgan fingerprint density at radius 3 is 2.39 bits per heavy atom. The highest BCUT2D eigenvalue weighted by Gasteiger charge is 2.70. The molecule has 4 aliphatic carbocycles. The molecule has 33 heavy (non-hydrogen) atoms. The van der Waals surface area contributed by atoms with Gasteiger partial charge in [0.15, 0.2) is 0 Å². The summed E-state index contributed by atoms with van der Waals surface area (Å²) < 4.78 is 11.0. The number of carboxylic acid groups (broad SMARTS) is 1. The molecule has 4 aliphatic rings. The molecule has 0 heterocycles. The topological polar surface area (TPSA) is 89.9 Å². The maximum absolute atomic E-state index is 12.9. The highest BCUT2D eigenvalue weighted by atomic mass is 16.5. The van der Waals surface area contributed by atoms with Gasteiger partial charge in [-0.25, -0.2) is 0 Å². The van der Waals surface area contributed by atoms with E-state index in [9.17, 15) is 19.5 Å². The normalized spacial score (nSPS) is 47.4. The summed E-state index contributed by atoms with van der Waals surface area (Å²) >= 11 is 0. The van der Waals surface area contributed by atoms with Gasteiger partial charge in [0.05, 0.1) is 5.41 Å². The summed E-state index contributed by atoms with van der Waals surface area (Å²) in [6.07, 6.45) is 8.17. The van der Waals surface area contributed by atoms with Crippen LogP contribution in [0.4, 0.5) is 0 Å². The number of carboxylic acids is 1. The van der Waals surface area contributed by atoms with Crippen LogP contribution in [0, 0.1) is 45.8 Å². The predicted molar refractivity (Wildman–Crippen MR) is 123 cm³/mol. The number of hydrogen-bond donors (Lipinski definition) is 1. The van der Waals surface area contributed by atoms with Crippen LogP contribution in [0.3, 0.4) is 0 Å². The lowest BCUT2D eigenvalue weighted by molar-refractivity contribution is -0.230. The largest absolute Gasteiger partial charge is 0.481 e. The second-order valence-corrected chi connectivity index (χ2v) is 12.2. The summed E-state index contributed by atoms with van der Waals surface area (Å²) in [5, 5.41) is 10.6. The van der Waals surface area contributed by atoms with Gasteiger partial charge < -0.3 is 14.6 Å². The molecule has 6 heteroatoms. The van der Waals surface area contributed by atoms with E-state index in [1.807, 2.05) is 0 Å². The molecule has 4 fully saturated rings. The summed E-state index contributed by atoms with van der Waals surface area (Å²) in [6, 6.07) is 0. The van der Waals surface area contributed by atoms with Gasteiger partial charge in [-0.2, -0.15) is 0 Å². The summed E-state index contributed by atoms with van der Waals surface area (Å²) in [4.78, 5) is 35.6. The van der Waals surface area contributed by atoms with Crippen molar-refractivity contribution in [1.82, 2.24) is 0 Å². The molecule has 0 aromatic rings. The van der Waals surface area contributed by atoms with Crippen LogP contribution in [0.15, 0.2) is 0 Å². The molecule has 10 atom stereocenters. The standard InChI is InChI=1S/C27H42O6/c1-5-6-17(2)19-7-8-20-23-21(10-11-25(19,20)3)26(4)12-9-18(32-15-28)13-27(26,24(30)31)14-22(23)33-16-29/h15-23H,5-14H2,1-4H3,(H,30,31)/t17-,18-,19-,20+,21+,22?,23+,25-,26-,27?/m1/s1. The van der Waals surface area contributed by atoms with Crippen LogP contribution in [0.2, 0.25) is 0 Å². The van der Waals surface area contributed by atoms with Gasteiger partial charge in [-0.3, -0.25) is 14.4 Å². The van der Waals surface area contributed by atoms with Crippen molar-refractivity contribution in [2.45, 2.75) is 104 Å². The van der Waals surface area contributed by atoms with Gasteiger partial charge in [0.2, 0.25) is 0 Å². The van der Waals surface area contributed by atoms with E-state index in [4.69, 9.17) is 9.47 Å². The van der Waals surface area contributed by atoms with Crippen molar-refractivity contribution in [3.05, 3.63) is 0 Å². The molecule has 0 aliphatic heterocycles. The van der Waals surface area contributed by atoms with Gasteiger partial charge in [-0.15, -0.1) is 0 Å². The summed E-state index contributed by atoms with van der Waals surface area (Å²) in [7, 11) is 0. The SMILES string of the molecule is CCC[C@@H](C)[C@H]1CC[C@H]2[C@@H]3C(OC=O)CC4(C(=O)O)C[C@H](OC=O)CC[C@]4(C)[C@H]3CC[C@]12C. The number of ether oxygens (including phenoxy) is 2. The summed E-state index contributed by atoms with van der Waals surface area (Å²) in [6.45, 7) is 10.3. The van der Waals surface area contributed by atoms with Gasteiger partial charge >= 0.3 is 5.97 Å². The lowest BCUT2D eigenvalue weighted by Crippen LogP contribution is -2.66. The highest BCUT2D eigenvalue weighted by Crippen LogP contribution is 2.71. The Hall–Kier alpha value is -1.59. The third-order valence-corrected chi connectivity index (χ3v) is 11.2. The molecule has 0 saturated heterocycles. The van der Waals surface area contributed by atoms with Crippen molar-refractivity contribution in [2.75, 3.05) is 0 Å². The zero-order valence-corrected chi connectivity index (χ0v) is 20.8. The number of aliphatic carboxylic acids is 1. The van der Waals surface area contributed by atoms with E-state index in [1.165, 1.54) is 19.3 Å². The Labute approximate surface area is 198 Å². The predicted octanol–water partition coefficient (Wildman–Crippen LogP) is 5.23. The second-order valence-electron chi connectivity index (χ2n) is 12.2. The number of carbonyl (C=O) groups excluding carboxylic acids is 2. The molecule has 4 rings (SSSR count). The lowest BCUT2D eigenvalue weighted by atomic mass is 9.39. The molecule has 0 radical (unpaired) electrons.